The third kappa shape index (κ3) is 4.59. The van der Waals surface area contributed by atoms with Crippen molar-refractivity contribution in [2.45, 2.75) is 39.2 Å². The number of thiophene rings is 2. The minimum Gasteiger partial charge on any atom is -0.488 e. The van der Waals surface area contributed by atoms with Crippen LogP contribution in [0.1, 0.15) is 45.4 Å². The van der Waals surface area contributed by atoms with E-state index in [9.17, 15) is 9.59 Å². The smallest absolute Gasteiger partial charge is 0.169 e. The van der Waals surface area contributed by atoms with Crippen LogP contribution in [0.4, 0.5) is 0 Å². The number of hydrogen-bond acceptors (Lipinski definition) is 5. The standard InChI is InChI=1S/C24H21ClO3S2/c1-14-9-10-29-21(14)6-4-18(27)3-5-19-12-17-11-16(13-20(25)24(17)28-19)23-8-7-22(30-23)15(2)26/h4,6-11,13,19H,3,5,12H2,1-2H3/b6-4+. The van der Waals surface area contributed by atoms with Crippen molar-refractivity contribution in [3.05, 3.63) is 67.7 Å². The van der Waals surface area contributed by atoms with Crippen LogP contribution in [0.25, 0.3) is 16.5 Å². The van der Waals surface area contributed by atoms with Gasteiger partial charge in [-0.25, -0.2) is 0 Å². The Morgan fingerprint density at radius 3 is 2.80 bits per heavy atom. The van der Waals surface area contributed by atoms with Crippen LogP contribution in [-0.4, -0.2) is 17.7 Å². The molecule has 0 aliphatic carbocycles. The van der Waals surface area contributed by atoms with Gasteiger partial charge in [-0.2, -0.15) is 0 Å². The second-order valence-electron chi connectivity index (χ2n) is 7.42. The fraction of sp³-hybridized carbons (Fsp3) is 0.250. The molecule has 1 aliphatic heterocycles. The van der Waals surface area contributed by atoms with Crippen molar-refractivity contribution in [1.29, 1.82) is 0 Å². The summed E-state index contributed by atoms with van der Waals surface area (Å²) in [6.07, 6.45) is 5.33. The molecule has 2 aromatic heterocycles. The lowest BCUT2D eigenvalue weighted by molar-refractivity contribution is -0.114. The number of hydrogen-bond donors (Lipinski definition) is 0. The van der Waals surface area contributed by atoms with E-state index in [0.29, 0.717) is 23.6 Å². The van der Waals surface area contributed by atoms with E-state index in [4.69, 9.17) is 16.3 Å². The first-order valence-electron chi connectivity index (χ1n) is 9.76. The molecule has 3 aromatic rings. The summed E-state index contributed by atoms with van der Waals surface area (Å²) in [6.45, 7) is 3.61. The summed E-state index contributed by atoms with van der Waals surface area (Å²) < 4.78 is 6.04. The van der Waals surface area contributed by atoms with Crippen LogP contribution in [-0.2, 0) is 11.2 Å². The lowest BCUT2D eigenvalue weighted by Gasteiger charge is -2.10. The van der Waals surface area contributed by atoms with Gasteiger partial charge in [0, 0.05) is 28.2 Å². The third-order valence-electron chi connectivity index (χ3n) is 5.13. The molecule has 0 saturated carbocycles. The van der Waals surface area contributed by atoms with Crippen molar-refractivity contribution in [2.24, 2.45) is 0 Å². The van der Waals surface area contributed by atoms with Crippen LogP contribution in [0, 0.1) is 6.92 Å². The number of fused-ring (bicyclic) bond motifs is 1. The quantitative estimate of drug-likeness (QED) is 0.283. The van der Waals surface area contributed by atoms with E-state index in [0.717, 1.165) is 32.2 Å². The summed E-state index contributed by atoms with van der Waals surface area (Å²) in [5.74, 6) is 0.880. The number of carbonyl (C=O) groups is 2. The first-order chi connectivity index (χ1) is 14.4. The number of ketones is 2. The van der Waals surface area contributed by atoms with Gasteiger partial charge in [0.15, 0.2) is 11.6 Å². The molecule has 0 saturated heterocycles. The van der Waals surface area contributed by atoms with Crippen LogP contribution in [0.3, 0.4) is 0 Å². The van der Waals surface area contributed by atoms with Gasteiger partial charge in [0.25, 0.3) is 0 Å². The van der Waals surface area contributed by atoms with Crippen molar-refractivity contribution in [1.82, 2.24) is 0 Å². The highest BCUT2D eigenvalue weighted by molar-refractivity contribution is 7.17. The van der Waals surface area contributed by atoms with E-state index in [1.807, 2.05) is 42.6 Å². The molecule has 154 valence electrons. The van der Waals surface area contributed by atoms with Crippen LogP contribution in [0.2, 0.25) is 5.02 Å². The van der Waals surface area contributed by atoms with E-state index in [2.05, 4.69) is 6.07 Å². The molecule has 3 heterocycles. The molecule has 0 bridgehead atoms. The fourth-order valence-electron chi connectivity index (χ4n) is 3.48. The molecular formula is C24H21ClO3S2. The Morgan fingerprint density at radius 2 is 2.10 bits per heavy atom. The van der Waals surface area contributed by atoms with E-state index >= 15 is 0 Å². The Hall–Kier alpha value is -2.21. The van der Waals surface area contributed by atoms with E-state index in [-0.39, 0.29) is 17.7 Å². The zero-order valence-electron chi connectivity index (χ0n) is 16.7. The zero-order chi connectivity index (χ0) is 21.3. The maximum atomic E-state index is 12.3. The average Bonchev–Trinajstić information content (AvgIpc) is 3.44. The molecule has 0 radical (unpaired) electrons. The van der Waals surface area contributed by atoms with Crippen LogP contribution < -0.4 is 4.74 Å². The largest absolute Gasteiger partial charge is 0.488 e. The molecule has 1 aromatic carbocycles. The number of allylic oxidation sites excluding steroid dienone is 1. The highest BCUT2D eigenvalue weighted by Gasteiger charge is 2.26. The molecule has 4 rings (SSSR count). The van der Waals surface area contributed by atoms with Gasteiger partial charge in [-0.1, -0.05) is 11.6 Å². The zero-order valence-corrected chi connectivity index (χ0v) is 19.1. The normalized spacial score (nSPS) is 15.4. The Morgan fingerprint density at radius 1 is 1.27 bits per heavy atom. The second-order valence-corrected chi connectivity index (χ2v) is 9.86. The average molecular weight is 457 g/mol. The molecule has 1 aliphatic rings. The Kier molecular flexibility index (Phi) is 6.23. The van der Waals surface area contributed by atoms with Crippen molar-refractivity contribution in [3.63, 3.8) is 0 Å². The molecule has 3 nitrogen and oxygen atoms in total. The van der Waals surface area contributed by atoms with Gasteiger partial charge >= 0.3 is 0 Å². The van der Waals surface area contributed by atoms with Gasteiger partial charge in [-0.05, 0) is 79.3 Å². The van der Waals surface area contributed by atoms with E-state index in [1.165, 1.54) is 16.9 Å². The topological polar surface area (TPSA) is 43.4 Å². The van der Waals surface area contributed by atoms with E-state index in [1.54, 1.807) is 24.3 Å². The number of aryl methyl sites for hydroxylation is 1. The summed E-state index contributed by atoms with van der Waals surface area (Å²) >= 11 is 9.58. The Labute approximate surface area is 189 Å². The Balaban J connectivity index is 1.40. The maximum Gasteiger partial charge on any atom is 0.169 e. The fourth-order valence-corrected chi connectivity index (χ4v) is 5.47. The summed E-state index contributed by atoms with van der Waals surface area (Å²) in [4.78, 5) is 26.7. The first kappa shape index (κ1) is 21.0. The summed E-state index contributed by atoms with van der Waals surface area (Å²) in [6, 6.07) is 9.81. The summed E-state index contributed by atoms with van der Waals surface area (Å²) in [5, 5.41) is 2.60. The van der Waals surface area contributed by atoms with Crippen molar-refractivity contribution >= 4 is 51.9 Å². The lowest BCUT2D eigenvalue weighted by Crippen LogP contribution is -2.14. The maximum absolute atomic E-state index is 12.3. The molecule has 1 atom stereocenters. The molecule has 30 heavy (non-hydrogen) atoms. The lowest BCUT2D eigenvalue weighted by atomic mass is 10.0. The molecule has 6 heteroatoms. The van der Waals surface area contributed by atoms with Gasteiger partial charge in [-0.3, -0.25) is 9.59 Å². The summed E-state index contributed by atoms with van der Waals surface area (Å²) in [7, 11) is 0. The molecular weight excluding hydrogens is 436 g/mol. The molecule has 1 unspecified atom stereocenters. The van der Waals surface area contributed by atoms with Gasteiger partial charge in [0.2, 0.25) is 0 Å². The number of halogens is 1. The predicted molar refractivity (Wildman–Crippen MR) is 125 cm³/mol. The van der Waals surface area contributed by atoms with Crippen molar-refractivity contribution < 1.29 is 14.3 Å². The van der Waals surface area contributed by atoms with Crippen LogP contribution in [0.5, 0.6) is 5.75 Å². The molecule has 0 amide bonds. The highest BCUT2D eigenvalue weighted by Crippen LogP contribution is 2.41. The monoisotopic (exact) mass is 456 g/mol. The number of Topliss-reactive ketones (excluding diaryl/α,β-unsaturated/α-hetero) is 1. The first-order valence-corrected chi connectivity index (χ1v) is 11.8. The third-order valence-corrected chi connectivity index (χ3v) is 7.63. The second kappa shape index (κ2) is 8.88. The minimum atomic E-state index is -0.0512. The van der Waals surface area contributed by atoms with Gasteiger partial charge < -0.3 is 4.74 Å². The number of rotatable bonds is 7. The van der Waals surface area contributed by atoms with Crippen LogP contribution >= 0.6 is 34.3 Å². The highest BCUT2D eigenvalue weighted by atomic mass is 35.5. The molecule has 0 spiro atoms. The summed E-state index contributed by atoms with van der Waals surface area (Å²) in [5.41, 5.74) is 3.23. The number of benzene rings is 1. The van der Waals surface area contributed by atoms with Gasteiger partial charge in [-0.15, -0.1) is 22.7 Å². The minimum absolute atomic E-state index is 0.0512. The number of carbonyl (C=O) groups excluding carboxylic acids is 2. The predicted octanol–water partition coefficient (Wildman–Crippen LogP) is 7.01. The van der Waals surface area contributed by atoms with E-state index < -0.39 is 0 Å². The van der Waals surface area contributed by atoms with Crippen molar-refractivity contribution in [3.8, 4) is 16.2 Å². The SMILES string of the molecule is CC(=O)c1ccc(-c2cc(Cl)c3c(c2)CC(CCC(=O)/C=C/c2sccc2C)O3)s1. The number of ether oxygens (including phenoxy) is 1. The molecule has 0 fully saturated rings. The Bertz CT molecular complexity index is 1140. The van der Waals surface area contributed by atoms with Crippen LogP contribution in [0.15, 0.2) is 41.8 Å². The van der Waals surface area contributed by atoms with Gasteiger partial charge in [0.1, 0.15) is 11.9 Å². The van der Waals surface area contributed by atoms with Crippen molar-refractivity contribution in [2.75, 3.05) is 0 Å². The van der Waals surface area contributed by atoms with Gasteiger partial charge in [0.05, 0.1) is 9.90 Å². The molecule has 0 N–H and O–H groups in total.